The van der Waals surface area contributed by atoms with Crippen molar-refractivity contribution in [1.82, 2.24) is 10.2 Å². The minimum Gasteiger partial charge on any atom is -0.385 e. The van der Waals surface area contributed by atoms with Gasteiger partial charge in [-0.2, -0.15) is 0 Å². The molecule has 0 aromatic rings. The molecule has 14 heavy (non-hydrogen) atoms. The quantitative estimate of drug-likeness (QED) is 0.594. The van der Waals surface area contributed by atoms with Crippen LogP contribution in [0, 0.1) is 0 Å². The highest BCUT2D eigenvalue weighted by Crippen LogP contribution is 2.22. The van der Waals surface area contributed by atoms with E-state index in [1.54, 1.807) is 7.11 Å². The number of hydrogen-bond donors (Lipinski definition) is 1. The third kappa shape index (κ3) is 4.40. The predicted octanol–water partition coefficient (Wildman–Crippen LogP) is 1.10. The third-order valence-corrected chi connectivity index (χ3v) is 3.04. The summed E-state index contributed by atoms with van der Waals surface area (Å²) in [6.45, 7) is 4.23. The van der Waals surface area contributed by atoms with Gasteiger partial charge in [-0.3, -0.25) is 0 Å². The molecule has 0 bridgehead atoms. The number of rotatable bonds is 8. The summed E-state index contributed by atoms with van der Waals surface area (Å²) in [7, 11) is 3.99. The fourth-order valence-corrected chi connectivity index (χ4v) is 1.73. The van der Waals surface area contributed by atoms with E-state index < -0.39 is 0 Å². The van der Waals surface area contributed by atoms with Crippen molar-refractivity contribution in [2.75, 3.05) is 40.4 Å². The van der Waals surface area contributed by atoms with Crippen LogP contribution in [0.2, 0.25) is 0 Å². The van der Waals surface area contributed by atoms with Gasteiger partial charge in [-0.25, -0.2) is 0 Å². The summed E-state index contributed by atoms with van der Waals surface area (Å²) in [4.78, 5) is 2.48. The summed E-state index contributed by atoms with van der Waals surface area (Å²) in [5.74, 6) is 0. The van der Waals surface area contributed by atoms with Crippen LogP contribution in [-0.2, 0) is 4.74 Å². The van der Waals surface area contributed by atoms with Crippen LogP contribution in [0.3, 0.4) is 0 Å². The lowest BCUT2D eigenvalue weighted by Gasteiger charge is -2.34. The maximum atomic E-state index is 4.98. The van der Waals surface area contributed by atoms with E-state index in [2.05, 4.69) is 17.3 Å². The second kappa shape index (κ2) is 7.21. The molecular formula is C11H24N2O. The Bertz CT molecular complexity index is 137. The SMILES string of the molecule is COCCCNCCN(C)C1CCC1. The van der Waals surface area contributed by atoms with Gasteiger partial charge in [0.2, 0.25) is 0 Å². The number of hydrogen-bond acceptors (Lipinski definition) is 3. The Hall–Kier alpha value is -0.120. The lowest BCUT2D eigenvalue weighted by atomic mass is 9.92. The molecule has 3 heteroatoms. The Morgan fingerprint density at radius 3 is 2.71 bits per heavy atom. The number of methoxy groups -OCH3 is 1. The lowest BCUT2D eigenvalue weighted by molar-refractivity contribution is 0.159. The Balaban J connectivity index is 1.82. The molecular weight excluding hydrogens is 176 g/mol. The maximum absolute atomic E-state index is 4.98. The first kappa shape index (κ1) is 12.0. The molecule has 1 aliphatic rings. The highest BCUT2D eigenvalue weighted by atomic mass is 16.5. The summed E-state index contributed by atoms with van der Waals surface area (Å²) in [6, 6.07) is 0.871. The summed E-state index contributed by atoms with van der Waals surface area (Å²) in [5.41, 5.74) is 0. The normalized spacial score (nSPS) is 17.4. The molecule has 3 nitrogen and oxygen atoms in total. The van der Waals surface area contributed by atoms with E-state index in [4.69, 9.17) is 4.74 Å². The summed E-state index contributed by atoms with van der Waals surface area (Å²) < 4.78 is 4.98. The van der Waals surface area contributed by atoms with Crippen molar-refractivity contribution in [3.8, 4) is 0 Å². The zero-order valence-electron chi connectivity index (χ0n) is 9.59. The van der Waals surface area contributed by atoms with Crippen molar-refractivity contribution in [1.29, 1.82) is 0 Å². The molecule has 0 saturated heterocycles. The minimum absolute atomic E-state index is 0.867. The van der Waals surface area contributed by atoms with Gasteiger partial charge in [0.05, 0.1) is 0 Å². The number of nitrogens with zero attached hydrogens (tertiary/aromatic N) is 1. The molecule has 1 rings (SSSR count). The molecule has 0 atom stereocenters. The average molecular weight is 200 g/mol. The molecule has 1 aliphatic carbocycles. The topological polar surface area (TPSA) is 24.5 Å². The van der Waals surface area contributed by atoms with Crippen LogP contribution in [0.4, 0.5) is 0 Å². The predicted molar refractivity (Wildman–Crippen MR) is 59.6 cm³/mol. The Labute approximate surface area is 87.8 Å². The van der Waals surface area contributed by atoms with E-state index >= 15 is 0 Å². The number of ether oxygens (including phenoxy) is 1. The second-order valence-electron chi connectivity index (χ2n) is 4.16. The monoisotopic (exact) mass is 200 g/mol. The van der Waals surface area contributed by atoms with Gasteiger partial charge in [0.15, 0.2) is 0 Å². The van der Waals surface area contributed by atoms with Crippen LogP contribution >= 0.6 is 0 Å². The Morgan fingerprint density at radius 1 is 1.36 bits per heavy atom. The highest BCUT2D eigenvalue weighted by Gasteiger charge is 2.20. The Morgan fingerprint density at radius 2 is 2.14 bits per heavy atom. The van der Waals surface area contributed by atoms with Gasteiger partial charge in [0.25, 0.3) is 0 Å². The molecule has 0 spiro atoms. The molecule has 1 saturated carbocycles. The van der Waals surface area contributed by atoms with E-state index in [0.717, 1.165) is 32.2 Å². The Kier molecular flexibility index (Phi) is 6.15. The van der Waals surface area contributed by atoms with Gasteiger partial charge in [-0.1, -0.05) is 6.42 Å². The zero-order chi connectivity index (χ0) is 10.2. The summed E-state index contributed by atoms with van der Waals surface area (Å²) in [5, 5.41) is 3.43. The highest BCUT2D eigenvalue weighted by molar-refractivity contribution is 4.77. The van der Waals surface area contributed by atoms with Gasteiger partial charge in [0.1, 0.15) is 0 Å². The van der Waals surface area contributed by atoms with E-state index in [9.17, 15) is 0 Å². The van der Waals surface area contributed by atoms with Crippen molar-refractivity contribution >= 4 is 0 Å². The molecule has 0 unspecified atom stereocenters. The molecule has 0 amide bonds. The van der Waals surface area contributed by atoms with Gasteiger partial charge >= 0.3 is 0 Å². The van der Waals surface area contributed by atoms with E-state index in [0.29, 0.717) is 0 Å². The fraction of sp³-hybridized carbons (Fsp3) is 1.00. The first-order valence-corrected chi connectivity index (χ1v) is 5.74. The van der Waals surface area contributed by atoms with Crippen LogP contribution in [0.5, 0.6) is 0 Å². The van der Waals surface area contributed by atoms with Crippen molar-refractivity contribution in [3.63, 3.8) is 0 Å². The van der Waals surface area contributed by atoms with Gasteiger partial charge in [-0.15, -0.1) is 0 Å². The van der Waals surface area contributed by atoms with E-state index in [1.807, 2.05) is 0 Å². The van der Waals surface area contributed by atoms with Crippen molar-refractivity contribution in [2.24, 2.45) is 0 Å². The number of nitrogens with one attached hydrogen (secondary N) is 1. The number of likely N-dealkylation sites (N-methyl/N-ethyl adjacent to an activating group) is 1. The minimum atomic E-state index is 0.867. The first-order chi connectivity index (χ1) is 6.84. The van der Waals surface area contributed by atoms with Crippen LogP contribution in [-0.4, -0.2) is 51.3 Å². The molecule has 1 fully saturated rings. The van der Waals surface area contributed by atoms with Crippen LogP contribution < -0.4 is 5.32 Å². The zero-order valence-corrected chi connectivity index (χ0v) is 9.59. The van der Waals surface area contributed by atoms with Crippen molar-refractivity contribution in [3.05, 3.63) is 0 Å². The van der Waals surface area contributed by atoms with Gasteiger partial charge < -0.3 is 15.0 Å². The third-order valence-electron chi connectivity index (χ3n) is 3.04. The van der Waals surface area contributed by atoms with Crippen LogP contribution in [0.25, 0.3) is 0 Å². The average Bonchev–Trinajstić information content (AvgIpc) is 2.08. The summed E-state index contributed by atoms with van der Waals surface area (Å²) >= 11 is 0. The van der Waals surface area contributed by atoms with Crippen molar-refractivity contribution < 1.29 is 4.74 Å². The first-order valence-electron chi connectivity index (χ1n) is 5.74. The lowest BCUT2D eigenvalue weighted by Crippen LogP contribution is -2.41. The molecule has 0 aromatic carbocycles. The maximum Gasteiger partial charge on any atom is 0.0474 e. The van der Waals surface area contributed by atoms with E-state index in [1.165, 1.54) is 25.8 Å². The van der Waals surface area contributed by atoms with Crippen LogP contribution in [0.15, 0.2) is 0 Å². The van der Waals surface area contributed by atoms with Gasteiger partial charge in [-0.05, 0) is 32.9 Å². The molecule has 84 valence electrons. The van der Waals surface area contributed by atoms with Crippen molar-refractivity contribution in [2.45, 2.75) is 31.7 Å². The van der Waals surface area contributed by atoms with Gasteiger partial charge in [0, 0.05) is 32.8 Å². The molecule has 1 N–H and O–H groups in total. The van der Waals surface area contributed by atoms with Crippen LogP contribution in [0.1, 0.15) is 25.7 Å². The largest absolute Gasteiger partial charge is 0.385 e. The standard InChI is InChI=1S/C11H24N2O/c1-13(11-5-3-6-11)9-8-12-7-4-10-14-2/h11-12H,3-10H2,1-2H3. The fourth-order valence-electron chi connectivity index (χ4n) is 1.73. The molecule has 0 aromatic heterocycles. The smallest absolute Gasteiger partial charge is 0.0474 e. The molecule has 0 aliphatic heterocycles. The summed E-state index contributed by atoms with van der Waals surface area (Å²) in [6.07, 6.45) is 5.35. The van der Waals surface area contributed by atoms with E-state index in [-0.39, 0.29) is 0 Å². The molecule has 0 heterocycles. The molecule has 0 radical (unpaired) electrons. The second-order valence-corrected chi connectivity index (χ2v) is 4.16.